The number of H-pyrrole nitrogens is 1. The maximum Gasteiger partial charge on any atom is 0.101 e. The summed E-state index contributed by atoms with van der Waals surface area (Å²) in [6.07, 6.45) is 5.44. The number of halogens is 1. The number of benzene rings is 1. The summed E-state index contributed by atoms with van der Waals surface area (Å²) < 4.78 is 1.01. The van der Waals surface area contributed by atoms with Crippen molar-refractivity contribution in [1.82, 2.24) is 9.97 Å². The number of aromatic nitrogens is 2. The van der Waals surface area contributed by atoms with Crippen LogP contribution in [-0.4, -0.2) is 9.97 Å². The van der Waals surface area contributed by atoms with Crippen LogP contribution in [0.3, 0.4) is 0 Å². The third-order valence-electron chi connectivity index (χ3n) is 3.04. The van der Waals surface area contributed by atoms with Crippen molar-refractivity contribution in [1.29, 1.82) is 5.26 Å². The summed E-state index contributed by atoms with van der Waals surface area (Å²) in [6, 6.07) is 13.8. The topological polar surface area (TPSA) is 52.5 Å². The van der Waals surface area contributed by atoms with Gasteiger partial charge < -0.3 is 4.98 Å². The standard InChI is InChI=1S/C16H10BrN3/c17-13-4-5-16-14(8-13)12(10-20-16)7-11(9-18)15-3-1-2-6-19-15/h1-8,10,20H. The molecule has 2 heterocycles. The van der Waals surface area contributed by atoms with E-state index in [4.69, 9.17) is 0 Å². The zero-order valence-electron chi connectivity index (χ0n) is 10.5. The summed E-state index contributed by atoms with van der Waals surface area (Å²) >= 11 is 3.47. The van der Waals surface area contributed by atoms with Gasteiger partial charge in [0.1, 0.15) is 6.07 Å². The summed E-state index contributed by atoms with van der Waals surface area (Å²) in [5.41, 5.74) is 3.24. The van der Waals surface area contributed by atoms with E-state index in [1.165, 1.54) is 0 Å². The molecule has 0 aliphatic rings. The largest absolute Gasteiger partial charge is 0.361 e. The second-order valence-electron chi connectivity index (χ2n) is 4.32. The summed E-state index contributed by atoms with van der Waals surface area (Å²) in [5.74, 6) is 0. The molecular weight excluding hydrogens is 314 g/mol. The number of hydrogen-bond donors (Lipinski definition) is 1. The maximum atomic E-state index is 9.33. The number of nitrogens with zero attached hydrogens (tertiary/aromatic N) is 2. The van der Waals surface area contributed by atoms with E-state index in [-0.39, 0.29) is 0 Å². The van der Waals surface area contributed by atoms with E-state index in [0.29, 0.717) is 11.3 Å². The van der Waals surface area contributed by atoms with Gasteiger partial charge in [-0.05, 0) is 36.4 Å². The number of allylic oxidation sites excluding steroid dienone is 1. The van der Waals surface area contributed by atoms with E-state index in [1.54, 1.807) is 6.20 Å². The molecule has 0 saturated heterocycles. The molecule has 96 valence electrons. The van der Waals surface area contributed by atoms with E-state index in [9.17, 15) is 5.26 Å². The Bertz CT molecular complexity index is 826. The first kappa shape index (κ1) is 12.6. The molecule has 0 atom stereocenters. The van der Waals surface area contributed by atoms with Crippen molar-refractivity contribution in [3.8, 4) is 6.07 Å². The highest BCUT2D eigenvalue weighted by atomic mass is 79.9. The lowest BCUT2D eigenvalue weighted by Crippen LogP contribution is -1.85. The van der Waals surface area contributed by atoms with Gasteiger partial charge >= 0.3 is 0 Å². The number of nitriles is 1. The number of aromatic amines is 1. The smallest absolute Gasteiger partial charge is 0.101 e. The molecule has 3 rings (SSSR count). The van der Waals surface area contributed by atoms with E-state index in [2.05, 4.69) is 32.0 Å². The first-order chi connectivity index (χ1) is 9.78. The van der Waals surface area contributed by atoms with Gasteiger partial charge in [-0.1, -0.05) is 22.0 Å². The minimum absolute atomic E-state index is 0.548. The van der Waals surface area contributed by atoms with Crippen LogP contribution in [0.2, 0.25) is 0 Å². The second kappa shape index (κ2) is 5.32. The molecule has 0 aliphatic heterocycles. The predicted molar refractivity (Wildman–Crippen MR) is 83.7 cm³/mol. The Morgan fingerprint density at radius 1 is 1.30 bits per heavy atom. The van der Waals surface area contributed by atoms with Gasteiger partial charge in [0, 0.05) is 33.3 Å². The Morgan fingerprint density at radius 3 is 2.95 bits per heavy atom. The fourth-order valence-electron chi connectivity index (χ4n) is 2.07. The fraction of sp³-hybridized carbons (Fsp3) is 0. The maximum absolute atomic E-state index is 9.33. The zero-order chi connectivity index (χ0) is 13.9. The van der Waals surface area contributed by atoms with Crippen LogP contribution in [0.1, 0.15) is 11.3 Å². The Balaban J connectivity index is 2.13. The van der Waals surface area contributed by atoms with E-state index in [1.807, 2.05) is 48.7 Å². The third-order valence-corrected chi connectivity index (χ3v) is 3.53. The molecule has 1 N–H and O–H groups in total. The molecule has 3 aromatic rings. The van der Waals surface area contributed by atoms with Crippen LogP contribution >= 0.6 is 15.9 Å². The molecule has 0 bridgehead atoms. The lowest BCUT2D eigenvalue weighted by Gasteiger charge is -1.98. The van der Waals surface area contributed by atoms with Crippen LogP contribution in [0.15, 0.2) is 53.3 Å². The van der Waals surface area contributed by atoms with Crippen molar-refractivity contribution in [2.75, 3.05) is 0 Å². The van der Waals surface area contributed by atoms with E-state index < -0.39 is 0 Å². The molecule has 1 aromatic carbocycles. The van der Waals surface area contributed by atoms with Crippen LogP contribution in [0, 0.1) is 11.3 Å². The molecule has 2 aromatic heterocycles. The van der Waals surface area contributed by atoms with Crippen molar-refractivity contribution in [3.63, 3.8) is 0 Å². The van der Waals surface area contributed by atoms with E-state index in [0.717, 1.165) is 20.9 Å². The Kier molecular flexibility index (Phi) is 3.36. The molecule has 0 spiro atoms. The van der Waals surface area contributed by atoms with Gasteiger partial charge in [0.25, 0.3) is 0 Å². The first-order valence-electron chi connectivity index (χ1n) is 6.08. The number of rotatable bonds is 2. The van der Waals surface area contributed by atoms with Crippen LogP contribution in [0.25, 0.3) is 22.6 Å². The molecule has 0 saturated carbocycles. The van der Waals surface area contributed by atoms with Gasteiger partial charge in [0.2, 0.25) is 0 Å². The SMILES string of the molecule is N#CC(=Cc1c[nH]c2ccc(Br)cc12)c1ccccn1. The molecule has 0 unspecified atom stereocenters. The minimum Gasteiger partial charge on any atom is -0.361 e. The zero-order valence-corrected chi connectivity index (χ0v) is 12.1. The van der Waals surface area contributed by atoms with Crippen molar-refractivity contribution in [3.05, 3.63) is 64.5 Å². The van der Waals surface area contributed by atoms with Crippen LogP contribution in [-0.2, 0) is 0 Å². The molecule has 0 fully saturated rings. The lowest BCUT2D eigenvalue weighted by molar-refractivity contribution is 1.28. The lowest BCUT2D eigenvalue weighted by atomic mass is 10.1. The number of fused-ring (bicyclic) bond motifs is 1. The molecular formula is C16H10BrN3. The van der Waals surface area contributed by atoms with Crippen LogP contribution in [0.4, 0.5) is 0 Å². The second-order valence-corrected chi connectivity index (χ2v) is 5.23. The van der Waals surface area contributed by atoms with Gasteiger partial charge in [-0.2, -0.15) is 5.26 Å². The summed E-state index contributed by atoms with van der Waals surface area (Å²) in [4.78, 5) is 7.42. The monoisotopic (exact) mass is 323 g/mol. The Morgan fingerprint density at radius 2 is 2.20 bits per heavy atom. The highest BCUT2D eigenvalue weighted by molar-refractivity contribution is 9.10. The normalized spacial score (nSPS) is 11.5. The van der Waals surface area contributed by atoms with Gasteiger partial charge in [0.05, 0.1) is 11.3 Å². The van der Waals surface area contributed by atoms with Gasteiger partial charge in [-0.25, -0.2) is 0 Å². The van der Waals surface area contributed by atoms with Gasteiger partial charge in [-0.3, -0.25) is 4.98 Å². The van der Waals surface area contributed by atoms with Gasteiger partial charge in [-0.15, -0.1) is 0 Å². The minimum atomic E-state index is 0.548. The number of pyridine rings is 1. The van der Waals surface area contributed by atoms with Crippen molar-refractivity contribution in [2.45, 2.75) is 0 Å². The Hall–Kier alpha value is -2.38. The third kappa shape index (κ3) is 2.36. The molecule has 4 heteroatoms. The van der Waals surface area contributed by atoms with Crippen LogP contribution < -0.4 is 0 Å². The average Bonchev–Trinajstić information content (AvgIpc) is 2.88. The molecule has 20 heavy (non-hydrogen) atoms. The fourth-order valence-corrected chi connectivity index (χ4v) is 2.44. The van der Waals surface area contributed by atoms with Crippen molar-refractivity contribution in [2.24, 2.45) is 0 Å². The van der Waals surface area contributed by atoms with E-state index >= 15 is 0 Å². The predicted octanol–water partition coefficient (Wildman–Crippen LogP) is 4.39. The number of nitrogens with one attached hydrogen (secondary N) is 1. The average molecular weight is 324 g/mol. The highest BCUT2D eigenvalue weighted by Crippen LogP contribution is 2.25. The van der Waals surface area contributed by atoms with Crippen LogP contribution in [0.5, 0.6) is 0 Å². The summed E-state index contributed by atoms with van der Waals surface area (Å²) in [5, 5.41) is 10.4. The molecule has 0 radical (unpaired) electrons. The molecule has 3 nitrogen and oxygen atoms in total. The molecule has 0 amide bonds. The first-order valence-corrected chi connectivity index (χ1v) is 6.87. The summed E-state index contributed by atoms with van der Waals surface area (Å²) in [6.45, 7) is 0. The molecule has 0 aliphatic carbocycles. The van der Waals surface area contributed by atoms with Crippen molar-refractivity contribution < 1.29 is 0 Å². The quantitative estimate of drug-likeness (QED) is 0.711. The van der Waals surface area contributed by atoms with Gasteiger partial charge in [0.15, 0.2) is 0 Å². The highest BCUT2D eigenvalue weighted by Gasteiger charge is 2.06. The number of hydrogen-bond acceptors (Lipinski definition) is 2. The van der Waals surface area contributed by atoms with Crippen molar-refractivity contribution >= 4 is 38.5 Å². The Labute approximate surface area is 124 Å². The summed E-state index contributed by atoms with van der Waals surface area (Å²) in [7, 11) is 0.